The lowest BCUT2D eigenvalue weighted by Crippen LogP contribution is -2.30. The fourth-order valence-electron chi connectivity index (χ4n) is 3.21. The Balaban J connectivity index is 2.05. The number of halogens is 1. The van der Waals surface area contributed by atoms with Crippen LogP contribution in [-0.4, -0.2) is 20.2 Å². The average molecular weight is 267 g/mol. The zero-order chi connectivity index (χ0) is 12.8. The van der Waals surface area contributed by atoms with Crippen molar-refractivity contribution in [2.24, 2.45) is 11.1 Å². The Labute approximate surface area is 113 Å². The highest BCUT2D eigenvalue weighted by molar-refractivity contribution is 6.32. The molecular weight excluding hydrogens is 248 g/mol. The third-order valence-corrected chi connectivity index (χ3v) is 4.71. The van der Waals surface area contributed by atoms with E-state index in [-0.39, 0.29) is 0 Å². The number of hydrogen-bond donors (Lipinski definition) is 2. The number of nitrogens with one attached hydrogen (secondary N) is 1. The van der Waals surface area contributed by atoms with Gasteiger partial charge in [0.1, 0.15) is 5.75 Å². The molecule has 0 saturated heterocycles. The Morgan fingerprint density at radius 1 is 1.50 bits per heavy atom. The number of anilines is 1. The first kappa shape index (κ1) is 12.1. The van der Waals surface area contributed by atoms with E-state index in [9.17, 15) is 0 Å². The lowest BCUT2D eigenvalue weighted by molar-refractivity contribution is 0.383. The third-order valence-electron chi connectivity index (χ3n) is 4.42. The van der Waals surface area contributed by atoms with Crippen molar-refractivity contribution in [1.29, 1.82) is 0 Å². The molecule has 1 spiro atoms. The number of hydrogen-bond acceptors (Lipinski definition) is 3. The lowest BCUT2D eigenvalue weighted by Gasteiger charge is -2.35. The fourth-order valence-corrected chi connectivity index (χ4v) is 3.45. The minimum absolute atomic E-state index is 0.436. The molecule has 1 unspecified atom stereocenters. The predicted octanol–water partition coefficient (Wildman–Crippen LogP) is 2.99. The van der Waals surface area contributed by atoms with Crippen LogP contribution in [0.3, 0.4) is 0 Å². The summed E-state index contributed by atoms with van der Waals surface area (Å²) in [5.74, 6) is 1.31. The SMILES string of the molecule is COc1cc2c(cc1Cl)NCC1(CC1)C2CCN. The smallest absolute Gasteiger partial charge is 0.137 e. The van der Waals surface area contributed by atoms with Crippen LogP contribution in [0.2, 0.25) is 5.02 Å². The van der Waals surface area contributed by atoms with Crippen molar-refractivity contribution in [1.82, 2.24) is 0 Å². The Morgan fingerprint density at radius 3 is 2.89 bits per heavy atom. The molecule has 1 heterocycles. The topological polar surface area (TPSA) is 47.3 Å². The van der Waals surface area contributed by atoms with E-state index < -0.39 is 0 Å². The van der Waals surface area contributed by atoms with Crippen molar-refractivity contribution in [3.05, 3.63) is 22.7 Å². The molecule has 98 valence electrons. The molecule has 1 aliphatic heterocycles. The zero-order valence-electron chi connectivity index (χ0n) is 10.6. The summed E-state index contributed by atoms with van der Waals surface area (Å²) >= 11 is 6.18. The highest BCUT2D eigenvalue weighted by Crippen LogP contribution is 2.61. The van der Waals surface area contributed by atoms with Gasteiger partial charge in [0.15, 0.2) is 0 Å². The summed E-state index contributed by atoms with van der Waals surface area (Å²) in [7, 11) is 1.66. The second kappa shape index (κ2) is 4.32. The molecule has 1 aromatic carbocycles. The normalized spacial score (nSPS) is 23.4. The Kier molecular flexibility index (Phi) is 2.91. The van der Waals surface area contributed by atoms with Crippen LogP contribution < -0.4 is 15.8 Å². The number of benzene rings is 1. The molecule has 3 rings (SSSR count). The van der Waals surface area contributed by atoms with Gasteiger partial charge >= 0.3 is 0 Å². The number of fused-ring (bicyclic) bond motifs is 1. The molecule has 1 aromatic rings. The van der Waals surface area contributed by atoms with E-state index in [4.69, 9.17) is 22.1 Å². The average Bonchev–Trinajstić information content (AvgIpc) is 3.14. The van der Waals surface area contributed by atoms with Gasteiger partial charge in [-0.2, -0.15) is 0 Å². The number of ether oxygens (including phenoxy) is 1. The van der Waals surface area contributed by atoms with Crippen LogP contribution in [0.5, 0.6) is 5.75 Å². The Hall–Kier alpha value is -0.930. The van der Waals surface area contributed by atoms with Gasteiger partial charge in [0, 0.05) is 12.2 Å². The maximum atomic E-state index is 6.18. The van der Waals surface area contributed by atoms with E-state index in [1.54, 1.807) is 7.11 Å². The molecule has 0 amide bonds. The third kappa shape index (κ3) is 1.77. The maximum absolute atomic E-state index is 6.18. The monoisotopic (exact) mass is 266 g/mol. The first-order valence-corrected chi connectivity index (χ1v) is 6.89. The molecule has 0 bridgehead atoms. The Bertz CT molecular complexity index is 471. The van der Waals surface area contributed by atoms with Gasteiger partial charge in [0.05, 0.1) is 12.1 Å². The quantitative estimate of drug-likeness (QED) is 0.884. The number of rotatable bonds is 3. The second-order valence-corrected chi connectivity index (χ2v) is 5.83. The highest BCUT2D eigenvalue weighted by Gasteiger charge is 2.51. The summed E-state index contributed by atoms with van der Waals surface area (Å²) in [6.07, 6.45) is 3.64. The van der Waals surface area contributed by atoms with Crippen LogP contribution in [0.1, 0.15) is 30.7 Å². The van der Waals surface area contributed by atoms with E-state index in [1.807, 2.05) is 6.07 Å². The van der Waals surface area contributed by atoms with Gasteiger partial charge in [0.2, 0.25) is 0 Å². The summed E-state index contributed by atoms with van der Waals surface area (Å²) in [5.41, 5.74) is 8.70. The second-order valence-electron chi connectivity index (χ2n) is 5.42. The van der Waals surface area contributed by atoms with Crippen LogP contribution in [0.25, 0.3) is 0 Å². The van der Waals surface area contributed by atoms with Gasteiger partial charge in [0.25, 0.3) is 0 Å². The van der Waals surface area contributed by atoms with Gasteiger partial charge in [-0.05, 0) is 54.8 Å². The first-order chi connectivity index (χ1) is 8.70. The molecule has 4 heteroatoms. The summed E-state index contributed by atoms with van der Waals surface area (Å²) in [6, 6.07) is 4.07. The summed E-state index contributed by atoms with van der Waals surface area (Å²) in [4.78, 5) is 0. The van der Waals surface area contributed by atoms with Crippen molar-refractivity contribution in [3.63, 3.8) is 0 Å². The van der Waals surface area contributed by atoms with E-state index in [1.165, 1.54) is 18.4 Å². The number of methoxy groups -OCH3 is 1. The van der Waals surface area contributed by atoms with Crippen molar-refractivity contribution < 1.29 is 4.74 Å². The summed E-state index contributed by atoms with van der Waals surface area (Å²) in [5, 5.41) is 4.18. The molecule has 1 fully saturated rings. The van der Waals surface area contributed by atoms with Gasteiger partial charge in [-0.25, -0.2) is 0 Å². The van der Waals surface area contributed by atoms with Gasteiger partial charge < -0.3 is 15.8 Å². The van der Waals surface area contributed by atoms with E-state index in [0.29, 0.717) is 16.4 Å². The largest absolute Gasteiger partial charge is 0.495 e. The van der Waals surface area contributed by atoms with Crippen molar-refractivity contribution in [3.8, 4) is 5.75 Å². The molecule has 0 aromatic heterocycles. The van der Waals surface area contributed by atoms with Crippen molar-refractivity contribution in [2.45, 2.75) is 25.2 Å². The maximum Gasteiger partial charge on any atom is 0.137 e. The Morgan fingerprint density at radius 2 is 2.28 bits per heavy atom. The van der Waals surface area contributed by atoms with Crippen LogP contribution >= 0.6 is 11.6 Å². The molecular formula is C14H19ClN2O. The summed E-state index contributed by atoms with van der Waals surface area (Å²) in [6.45, 7) is 1.78. The molecule has 2 aliphatic rings. The van der Waals surface area contributed by atoms with E-state index in [2.05, 4.69) is 11.4 Å². The van der Waals surface area contributed by atoms with E-state index >= 15 is 0 Å². The minimum atomic E-state index is 0.436. The molecule has 3 nitrogen and oxygen atoms in total. The molecule has 18 heavy (non-hydrogen) atoms. The molecule has 1 atom stereocenters. The van der Waals surface area contributed by atoms with Crippen LogP contribution in [-0.2, 0) is 0 Å². The molecule has 3 N–H and O–H groups in total. The molecule has 0 radical (unpaired) electrons. The predicted molar refractivity (Wildman–Crippen MR) is 74.6 cm³/mol. The van der Waals surface area contributed by atoms with Gasteiger partial charge in [-0.15, -0.1) is 0 Å². The fraction of sp³-hybridized carbons (Fsp3) is 0.571. The zero-order valence-corrected chi connectivity index (χ0v) is 11.4. The highest BCUT2D eigenvalue weighted by atomic mass is 35.5. The van der Waals surface area contributed by atoms with Crippen LogP contribution in [0.15, 0.2) is 12.1 Å². The standard InChI is InChI=1S/C14H19ClN2O/c1-18-13-6-9-10(2-5-16)14(3-4-14)8-17-12(9)7-11(13)15/h6-7,10,17H,2-5,8,16H2,1H3. The van der Waals surface area contributed by atoms with Crippen molar-refractivity contribution >= 4 is 17.3 Å². The summed E-state index contributed by atoms with van der Waals surface area (Å²) < 4.78 is 5.34. The molecule has 1 saturated carbocycles. The first-order valence-electron chi connectivity index (χ1n) is 6.51. The van der Waals surface area contributed by atoms with E-state index in [0.717, 1.165) is 30.9 Å². The van der Waals surface area contributed by atoms with Gasteiger partial charge in [-0.3, -0.25) is 0 Å². The number of nitrogens with two attached hydrogens (primary N) is 1. The van der Waals surface area contributed by atoms with Crippen molar-refractivity contribution in [2.75, 3.05) is 25.5 Å². The van der Waals surface area contributed by atoms with Crippen LogP contribution in [0, 0.1) is 5.41 Å². The van der Waals surface area contributed by atoms with Gasteiger partial charge in [-0.1, -0.05) is 11.6 Å². The lowest BCUT2D eigenvalue weighted by atomic mass is 9.77. The van der Waals surface area contributed by atoms with Crippen LogP contribution in [0.4, 0.5) is 5.69 Å². The minimum Gasteiger partial charge on any atom is -0.495 e. The molecule has 1 aliphatic carbocycles.